The summed E-state index contributed by atoms with van der Waals surface area (Å²) < 4.78 is 4.44. The van der Waals surface area contributed by atoms with Crippen LogP contribution in [0, 0.1) is 5.38 Å². The molecular weight excluding hydrogens is 239 g/mol. The fraction of sp³-hybridized carbons (Fsp3) is 0.167. The molecular formula is C6H6NO2SY-. The molecule has 1 aromatic rings. The zero-order valence-electron chi connectivity index (χ0n) is 5.96. The summed E-state index contributed by atoms with van der Waals surface area (Å²) >= 11 is 1.20. The second-order valence-electron chi connectivity index (χ2n) is 1.63. The van der Waals surface area contributed by atoms with E-state index in [1.807, 2.05) is 0 Å². The molecule has 0 aliphatic carbocycles. The molecule has 0 aliphatic heterocycles. The van der Waals surface area contributed by atoms with Gasteiger partial charge in [-0.15, -0.1) is 5.38 Å². The number of carbonyl (C=O) groups excluding carboxylic acids is 1. The Morgan fingerprint density at radius 2 is 2.45 bits per heavy atom. The van der Waals surface area contributed by atoms with Crippen LogP contribution in [-0.4, -0.2) is 13.1 Å². The number of ether oxygens (including phenoxy) is 1. The monoisotopic (exact) mass is 245 g/mol. The minimum Gasteiger partial charge on any atom is -0.475 e. The maximum Gasteiger partial charge on any atom is 0.272 e. The van der Waals surface area contributed by atoms with E-state index >= 15 is 0 Å². The van der Waals surface area contributed by atoms with Gasteiger partial charge in [0, 0.05) is 32.7 Å². The van der Waals surface area contributed by atoms with E-state index in [-0.39, 0.29) is 32.7 Å². The standard InChI is InChI=1S/C6H6NO2S.Y/c1-9-6(8)4-2-3-10-5(4)7;/h2H,7H2,1H3;/q-1;. The number of nitrogen functional groups attached to an aromatic ring is 1. The summed E-state index contributed by atoms with van der Waals surface area (Å²) in [6, 6.07) is 1.52. The molecule has 0 amide bonds. The van der Waals surface area contributed by atoms with Gasteiger partial charge in [-0.1, -0.05) is 10.6 Å². The molecule has 0 saturated heterocycles. The number of rotatable bonds is 1. The van der Waals surface area contributed by atoms with Crippen molar-refractivity contribution in [3.63, 3.8) is 0 Å². The topological polar surface area (TPSA) is 52.3 Å². The van der Waals surface area contributed by atoms with Crippen LogP contribution < -0.4 is 5.73 Å². The third-order valence-corrected chi connectivity index (χ3v) is 1.72. The van der Waals surface area contributed by atoms with Crippen LogP contribution in [0.5, 0.6) is 0 Å². The number of thiophene rings is 1. The van der Waals surface area contributed by atoms with Crippen LogP contribution in [0.4, 0.5) is 5.00 Å². The Kier molecular flexibility index (Phi) is 4.89. The van der Waals surface area contributed by atoms with Crippen LogP contribution in [0.25, 0.3) is 0 Å². The summed E-state index contributed by atoms with van der Waals surface area (Å²) in [5.41, 5.74) is 5.80. The van der Waals surface area contributed by atoms with E-state index in [0.717, 1.165) is 0 Å². The molecule has 0 spiro atoms. The summed E-state index contributed by atoms with van der Waals surface area (Å²) in [5, 5.41) is 3.18. The molecule has 0 bridgehead atoms. The molecule has 2 N–H and O–H groups in total. The largest absolute Gasteiger partial charge is 0.475 e. The Labute approximate surface area is 93.8 Å². The van der Waals surface area contributed by atoms with Crippen molar-refractivity contribution in [2.45, 2.75) is 0 Å². The van der Waals surface area contributed by atoms with Crippen LogP contribution in [0.1, 0.15) is 10.4 Å². The molecule has 0 aliphatic rings. The quantitative estimate of drug-likeness (QED) is 0.591. The van der Waals surface area contributed by atoms with Gasteiger partial charge in [0.05, 0.1) is 7.11 Å². The van der Waals surface area contributed by atoms with Crippen molar-refractivity contribution >= 4 is 22.3 Å². The molecule has 0 atom stereocenters. The number of nitrogens with two attached hydrogens (primary N) is 1. The van der Waals surface area contributed by atoms with E-state index in [1.165, 1.54) is 24.5 Å². The minimum atomic E-state index is -0.407. The van der Waals surface area contributed by atoms with Gasteiger partial charge in [-0.3, -0.25) is 16.1 Å². The predicted octanol–water partition coefficient (Wildman–Crippen LogP) is 0.915. The molecule has 1 rings (SSSR count). The summed E-state index contributed by atoms with van der Waals surface area (Å²) in [5.74, 6) is -0.407. The third-order valence-electron chi connectivity index (χ3n) is 1.04. The molecule has 3 nitrogen and oxygen atoms in total. The van der Waals surface area contributed by atoms with Crippen LogP contribution in [0.3, 0.4) is 0 Å². The van der Waals surface area contributed by atoms with Gasteiger partial charge in [0.15, 0.2) is 0 Å². The number of hydrogen-bond acceptors (Lipinski definition) is 4. The van der Waals surface area contributed by atoms with Crippen molar-refractivity contribution in [3.05, 3.63) is 17.0 Å². The first-order valence-corrected chi connectivity index (χ1v) is 3.41. The molecule has 57 valence electrons. The SMILES string of the molecule is COC(=O)c1c[c-]sc1N.[Y]. The second kappa shape index (κ2) is 4.85. The van der Waals surface area contributed by atoms with Crippen molar-refractivity contribution in [1.29, 1.82) is 0 Å². The van der Waals surface area contributed by atoms with E-state index < -0.39 is 5.97 Å². The van der Waals surface area contributed by atoms with E-state index in [2.05, 4.69) is 10.1 Å². The predicted molar refractivity (Wildman–Crippen MR) is 38.9 cm³/mol. The Morgan fingerprint density at radius 3 is 2.82 bits per heavy atom. The smallest absolute Gasteiger partial charge is 0.272 e. The van der Waals surface area contributed by atoms with Crippen molar-refractivity contribution in [2.24, 2.45) is 0 Å². The summed E-state index contributed by atoms with van der Waals surface area (Å²) in [6.45, 7) is 0. The van der Waals surface area contributed by atoms with Gasteiger partial charge in [-0.05, 0) is 0 Å². The molecule has 0 saturated carbocycles. The molecule has 0 unspecified atom stereocenters. The normalized spacial score (nSPS) is 8.45. The van der Waals surface area contributed by atoms with Crippen LogP contribution in [-0.2, 0) is 37.4 Å². The zero-order valence-corrected chi connectivity index (χ0v) is 9.61. The van der Waals surface area contributed by atoms with Crippen LogP contribution in [0.15, 0.2) is 6.07 Å². The number of methoxy groups -OCH3 is 1. The average Bonchev–Trinajstić information content (AvgIpc) is 2.34. The van der Waals surface area contributed by atoms with Crippen molar-refractivity contribution < 1.29 is 42.2 Å². The van der Waals surface area contributed by atoms with Crippen molar-refractivity contribution in [2.75, 3.05) is 12.8 Å². The zero-order chi connectivity index (χ0) is 7.56. The van der Waals surface area contributed by atoms with Crippen LogP contribution in [0.2, 0.25) is 0 Å². The van der Waals surface area contributed by atoms with Crippen LogP contribution >= 0.6 is 11.3 Å². The maximum atomic E-state index is 10.8. The third kappa shape index (κ3) is 2.54. The van der Waals surface area contributed by atoms with E-state index in [4.69, 9.17) is 5.73 Å². The van der Waals surface area contributed by atoms with E-state index in [9.17, 15) is 4.79 Å². The van der Waals surface area contributed by atoms with Gasteiger partial charge < -0.3 is 10.5 Å². The number of carbonyl (C=O) groups is 1. The number of hydrogen-bond donors (Lipinski definition) is 1. The Hall–Kier alpha value is 0.0739. The molecule has 1 heterocycles. The van der Waals surface area contributed by atoms with E-state index in [1.54, 1.807) is 0 Å². The van der Waals surface area contributed by atoms with Gasteiger partial charge in [0.25, 0.3) is 5.97 Å². The molecule has 1 radical (unpaired) electrons. The van der Waals surface area contributed by atoms with Gasteiger partial charge >= 0.3 is 0 Å². The molecule has 5 heteroatoms. The molecule has 1 aromatic heterocycles. The number of anilines is 1. The molecule has 11 heavy (non-hydrogen) atoms. The van der Waals surface area contributed by atoms with Gasteiger partial charge in [-0.2, -0.15) is 6.07 Å². The Morgan fingerprint density at radius 1 is 1.82 bits per heavy atom. The van der Waals surface area contributed by atoms with Gasteiger partial charge in [-0.25, -0.2) is 0 Å². The summed E-state index contributed by atoms with van der Waals surface area (Å²) in [6.07, 6.45) is 0. The fourth-order valence-corrected chi connectivity index (χ4v) is 1.10. The maximum absolute atomic E-state index is 10.8. The second-order valence-corrected chi connectivity index (χ2v) is 2.51. The van der Waals surface area contributed by atoms with Gasteiger partial charge in [0.1, 0.15) is 0 Å². The molecule has 0 fully saturated rings. The first-order valence-electron chi connectivity index (χ1n) is 2.59. The summed E-state index contributed by atoms with van der Waals surface area (Å²) in [7, 11) is 1.32. The first-order chi connectivity index (χ1) is 4.75. The Bertz CT molecular complexity index is 248. The average molecular weight is 245 g/mol. The van der Waals surface area contributed by atoms with Crippen molar-refractivity contribution in [3.8, 4) is 0 Å². The fourth-order valence-electron chi connectivity index (χ4n) is 0.547. The number of esters is 1. The van der Waals surface area contributed by atoms with Crippen molar-refractivity contribution in [1.82, 2.24) is 0 Å². The van der Waals surface area contributed by atoms with E-state index in [0.29, 0.717) is 10.6 Å². The molecule has 0 aromatic carbocycles. The Balaban J connectivity index is 0.000001000. The first kappa shape index (κ1) is 11.1. The minimum absolute atomic E-state index is 0. The summed E-state index contributed by atoms with van der Waals surface area (Å²) in [4.78, 5) is 10.8. The van der Waals surface area contributed by atoms with Gasteiger partial charge in [0.2, 0.25) is 0 Å².